The zero-order chi connectivity index (χ0) is 17.6. The van der Waals surface area contributed by atoms with Crippen molar-refractivity contribution in [2.45, 2.75) is 38.9 Å². The van der Waals surface area contributed by atoms with E-state index in [0.717, 1.165) is 31.5 Å². The van der Waals surface area contributed by atoms with Gasteiger partial charge in [0.15, 0.2) is 0 Å². The number of aromatic nitrogens is 2. The van der Waals surface area contributed by atoms with Gasteiger partial charge in [0.2, 0.25) is 5.91 Å². The molecule has 2 aromatic rings. The Morgan fingerprint density at radius 3 is 3.08 bits per heavy atom. The van der Waals surface area contributed by atoms with E-state index >= 15 is 0 Å². The first-order valence-electron chi connectivity index (χ1n) is 8.85. The van der Waals surface area contributed by atoms with Crippen LogP contribution in [0.3, 0.4) is 0 Å². The molecule has 2 atom stereocenters. The molecule has 1 fully saturated rings. The van der Waals surface area contributed by atoms with Gasteiger partial charge in [-0.2, -0.15) is 5.10 Å². The quantitative estimate of drug-likeness (QED) is 0.876. The van der Waals surface area contributed by atoms with Crippen molar-refractivity contribution in [2.75, 3.05) is 13.1 Å². The van der Waals surface area contributed by atoms with Crippen LogP contribution in [0.15, 0.2) is 42.7 Å². The first kappa shape index (κ1) is 17.6. The lowest BCUT2D eigenvalue weighted by Crippen LogP contribution is -2.46. The standard InChI is InChI=1S/C19H25FN4O/c1-15(12-24-10-4-8-21-24)22-19(25)17-6-3-9-23(14-17)13-16-5-2-7-18(20)11-16/h2,4-5,7-8,10-11,15,17H,3,6,9,12-14H2,1H3,(H,22,25)/t15-,17+/m0/s1. The third-order valence-corrected chi connectivity index (χ3v) is 4.58. The fraction of sp³-hybridized carbons (Fsp3) is 0.474. The number of carbonyl (C=O) groups is 1. The number of rotatable bonds is 6. The summed E-state index contributed by atoms with van der Waals surface area (Å²) >= 11 is 0. The number of likely N-dealkylation sites (tertiary alicyclic amines) is 1. The van der Waals surface area contributed by atoms with Gasteiger partial charge in [0.05, 0.1) is 12.5 Å². The number of hydrogen-bond acceptors (Lipinski definition) is 3. The summed E-state index contributed by atoms with van der Waals surface area (Å²) < 4.78 is 15.2. The Labute approximate surface area is 147 Å². The summed E-state index contributed by atoms with van der Waals surface area (Å²) in [6, 6.07) is 8.59. The average molecular weight is 344 g/mol. The number of hydrogen-bond donors (Lipinski definition) is 1. The van der Waals surface area contributed by atoms with Crippen molar-refractivity contribution in [3.05, 3.63) is 54.1 Å². The Morgan fingerprint density at radius 2 is 2.32 bits per heavy atom. The van der Waals surface area contributed by atoms with Crippen molar-refractivity contribution in [3.63, 3.8) is 0 Å². The van der Waals surface area contributed by atoms with E-state index in [2.05, 4.69) is 15.3 Å². The van der Waals surface area contributed by atoms with Crippen molar-refractivity contribution in [1.29, 1.82) is 0 Å². The number of halogens is 1. The van der Waals surface area contributed by atoms with Gasteiger partial charge in [0.1, 0.15) is 5.82 Å². The molecule has 6 heteroatoms. The van der Waals surface area contributed by atoms with Crippen LogP contribution in [0, 0.1) is 11.7 Å². The molecular formula is C19H25FN4O. The highest BCUT2D eigenvalue weighted by molar-refractivity contribution is 5.79. The summed E-state index contributed by atoms with van der Waals surface area (Å²) in [7, 11) is 0. The lowest BCUT2D eigenvalue weighted by Gasteiger charge is -2.32. The summed E-state index contributed by atoms with van der Waals surface area (Å²) in [4.78, 5) is 14.8. The highest BCUT2D eigenvalue weighted by atomic mass is 19.1. The van der Waals surface area contributed by atoms with Crippen LogP contribution in [-0.4, -0.2) is 39.7 Å². The Hall–Kier alpha value is -2.21. The molecule has 25 heavy (non-hydrogen) atoms. The molecule has 0 spiro atoms. The van der Waals surface area contributed by atoms with Crippen LogP contribution in [0.1, 0.15) is 25.3 Å². The molecule has 5 nitrogen and oxygen atoms in total. The van der Waals surface area contributed by atoms with Gasteiger partial charge in [-0.1, -0.05) is 12.1 Å². The van der Waals surface area contributed by atoms with E-state index in [0.29, 0.717) is 13.1 Å². The van der Waals surface area contributed by atoms with E-state index in [1.165, 1.54) is 6.07 Å². The molecule has 0 radical (unpaired) electrons. The molecule has 2 heterocycles. The predicted octanol–water partition coefficient (Wildman–Crippen LogP) is 2.44. The maximum absolute atomic E-state index is 13.3. The van der Waals surface area contributed by atoms with Crippen LogP contribution >= 0.6 is 0 Å². The number of nitrogens with zero attached hydrogens (tertiary/aromatic N) is 3. The van der Waals surface area contributed by atoms with Crippen LogP contribution in [0.25, 0.3) is 0 Å². The minimum atomic E-state index is -0.212. The third kappa shape index (κ3) is 5.13. The lowest BCUT2D eigenvalue weighted by atomic mass is 9.96. The van der Waals surface area contributed by atoms with Crippen molar-refractivity contribution in [2.24, 2.45) is 5.92 Å². The maximum Gasteiger partial charge on any atom is 0.224 e. The highest BCUT2D eigenvalue weighted by Gasteiger charge is 2.26. The average Bonchev–Trinajstić information content (AvgIpc) is 3.08. The molecule has 0 saturated carbocycles. The molecular weight excluding hydrogens is 319 g/mol. The normalized spacial score (nSPS) is 19.5. The molecule has 1 aromatic carbocycles. The number of piperidine rings is 1. The fourth-order valence-electron chi connectivity index (χ4n) is 3.40. The molecule has 0 unspecified atom stereocenters. The van der Waals surface area contributed by atoms with Crippen LogP contribution < -0.4 is 5.32 Å². The number of amides is 1. The fourth-order valence-corrected chi connectivity index (χ4v) is 3.40. The van der Waals surface area contributed by atoms with Gasteiger partial charge >= 0.3 is 0 Å². The first-order valence-corrected chi connectivity index (χ1v) is 8.85. The summed E-state index contributed by atoms with van der Waals surface area (Å²) in [6.45, 7) is 5.01. The Balaban J connectivity index is 1.50. The van der Waals surface area contributed by atoms with Crippen LogP contribution in [-0.2, 0) is 17.9 Å². The van der Waals surface area contributed by atoms with Crippen molar-refractivity contribution >= 4 is 5.91 Å². The highest BCUT2D eigenvalue weighted by Crippen LogP contribution is 2.19. The Kier molecular flexibility index (Phi) is 5.81. The number of benzene rings is 1. The molecule has 1 N–H and O–H groups in total. The Morgan fingerprint density at radius 1 is 1.44 bits per heavy atom. The maximum atomic E-state index is 13.3. The first-order chi connectivity index (χ1) is 12.1. The minimum Gasteiger partial charge on any atom is -0.352 e. The number of carbonyl (C=O) groups excluding carboxylic acids is 1. The molecule has 1 aliphatic heterocycles. The smallest absolute Gasteiger partial charge is 0.224 e. The van der Waals surface area contributed by atoms with Gasteiger partial charge in [-0.25, -0.2) is 4.39 Å². The Bertz CT molecular complexity index is 688. The molecule has 1 amide bonds. The molecule has 0 bridgehead atoms. The van der Waals surface area contributed by atoms with Crippen molar-refractivity contribution < 1.29 is 9.18 Å². The SMILES string of the molecule is C[C@@H](Cn1cccn1)NC(=O)[C@@H]1CCCN(Cc2cccc(F)c2)C1. The van der Waals surface area contributed by atoms with Crippen LogP contribution in [0.5, 0.6) is 0 Å². The monoisotopic (exact) mass is 344 g/mol. The van der Waals surface area contributed by atoms with Gasteiger partial charge in [0.25, 0.3) is 0 Å². The van der Waals surface area contributed by atoms with Gasteiger partial charge in [-0.05, 0) is 50.1 Å². The van der Waals surface area contributed by atoms with E-state index in [1.54, 1.807) is 18.3 Å². The summed E-state index contributed by atoms with van der Waals surface area (Å²) in [5.74, 6) is -0.123. The van der Waals surface area contributed by atoms with Crippen LogP contribution in [0.2, 0.25) is 0 Å². The summed E-state index contributed by atoms with van der Waals surface area (Å²) in [5.41, 5.74) is 0.952. The molecule has 134 valence electrons. The van der Waals surface area contributed by atoms with E-state index in [1.807, 2.05) is 29.9 Å². The molecule has 1 saturated heterocycles. The van der Waals surface area contributed by atoms with Crippen molar-refractivity contribution in [3.8, 4) is 0 Å². The molecule has 1 aromatic heterocycles. The zero-order valence-corrected chi connectivity index (χ0v) is 14.6. The van der Waals surface area contributed by atoms with Crippen molar-refractivity contribution in [1.82, 2.24) is 20.0 Å². The van der Waals surface area contributed by atoms with Crippen LogP contribution in [0.4, 0.5) is 4.39 Å². The predicted molar refractivity (Wildman–Crippen MR) is 94.2 cm³/mol. The largest absolute Gasteiger partial charge is 0.352 e. The third-order valence-electron chi connectivity index (χ3n) is 4.58. The van der Waals surface area contributed by atoms with Gasteiger partial charge in [0, 0.05) is 31.5 Å². The number of nitrogens with one attached hydrogen (secondary N) is 1. The molecule has 3 rings (SSSR count). The topological polar surface area (TPSA) is 50.2 Å². The second-order valence-corrected chi connectivity index (χ2v) is 6.84. The van der Waals surface area contributed by atoms with E-state index < -0.39 is 0 Å². The van der Waals surface area contributed by atoms with Gasteiger partial charge in [-0.3, -0.25) is 14.4 Å². The van der Waals surface area contributed by atoms with E-state index in [4.69, 9.17) is 0 Å². The second kappa shape index (κ2) is 8.25. The van der Waals surface area contributed by atoms with E-state index in [9.17, 15) is 9.18 Å². The van der Waals surface area contributed by atoms with Gasteiger partial charge in [-0.15, -0.1) is 0 Å². The minimum absolute atomic E-state index is 0.0117. The molecule has 1 aliphatic rings. The lowest BCUT2D eigenvalue weighted by molar-refractivity contribution is -0.127. The zero-order valence-electron chi connectivity index (χ0n) is 14.6. The van der Waals surface area contributed by atoms with E-state index in [-0.39, 0.29) is 23.7 Å². The second-order valence-electron chi connectivity index (χ2n) is 6.84. The molecule has 0 aliphatic carbocycles. The summed E-state index contributed by atoms with van der Waals surface area (Å²) in [5, 5.41) is 7.26. The summed E-state index contributed by atoms with van der Waals surface area (Å²) in [6.07, 6.45) is 5.52. The van der Waals surface area contributed by atoms with Gasteiger partial charge < -0.3 is 5.32 Å².